The summed E-state index contributed by atoms with van der Waals surface area (Å²) in [5.74, 6) is 0.141. The molecule has 1 rings (SSSR count). The molecule has 1 saturated heterocycles. The Labute approximate surface area is 104 Å². The van der Waals surface area contributed by atoms with Crippen molar-refractivity contribution in [3.63, 3.8) is 0 Å². The van der Waals surface area contributed by atoms with Crippen LogP contribution in [0.25, 0.3) is 0 Å². The Kier molecular flexibility index (Phi) is 7.21. The van der Waals surface area contributed by atoms with E-state index in [9.17, 15) is 4.79 Å². The monoisotopic (exact) mass is 242 g/mol. The number of rotatable bonds is 7. The van der Waals surface area contributed by atoms with Gasteiger partial charge in [-0.2, -0.15) is 0 Å². The van der Waals surface area contributed by atoms with Gasteiger partial charge in [-0.25, -0.2) is 0 Å². The van der Waals surface area contributed by atoms with Gasteiger partial charge in [0.25, 0.3) is 0 Å². The zero-order valence-corrected chi connectivity index (χ0v) is 10.9. The minimum atomic E-state index is 0.141. The summed E-state index contributed by atoms with van der Waals surface area (Å²) in [6.07, 6.45) is 6.91. The summed E-state index contributed by atoms with van der Waals surface area (Å²) in [6.45, 7) is 3.29. The lowest BCUT2D eigenvalue weighted by atomic mass is 10.0. The lowest BCUT2D eigenvalue weighted by molar-refractivity contribution is -0.122. The standard InChI is InChI=1S/C13H26N2O2/c1-11(5-4-10-16)15-13(17)8-7-12-6-2-3-9-14-12/h11-12,14,16H,2-10H2,1H3,(H,15,17). The van der Waals surface area contributed by atoms with Crippen LogP contribution in [0.5, 0.6) is 0 Å². The summed E-state index contributed by atoms with van der Waals surface area (Å²) in [5, 5.41) is 15.1. The van der Waals surface area contributed by atoms with Gasteiger partial charge in [0, 0.05) is 25.1 Å². The highest BCUT2D eigenvalue weighted by atomic mass is 16.2. The number of nitrogens with one attached hydrogen (secondary N) is 2. The number of piperidine rings is 1. The Hall–Kier alpha value is -0.610. The van der Waals surface area contributed by atoms with E-state index in [2.05, 4.69) is 10.6 Å². The highest BCUT2D eigenvalue weighted by molar-refractivity contribution is 5.76. The van der Waals surface area contributed by atoms with Crippen LogP contribution in [0.2, 0.25) is 0 Å². The number of aliphatic hydroxyl groups is 1. The first-order chi connectivity index (χ1) is 8.22. The minimum absolute atomic E-state index is 0.141. The van der Waals surface area contributed by atoms with Crippen LogP contribution in [-0.4, -0.2) is 36.2 Å². The molecule has 17 heavy (non-hydrogen) atoms. The molecule has 1 amide bonds. The molecule has 4 nitrogen and oxygen atoms in total. The second-order valence-electron chi connectivity index (χ2n) is 5.02. The van der Waals surface area contributed by atoms with Crippen LogP contribution in [0.3, 0.4) is 0 Å². The van der Waals surface area contributed by atoms with E-state index in [4.69, 9.17) is 5.11 Å². The van der Waals surface area contributed by atoms with Crippen LogP contribution in [0.15, 0.2) is 0 Å². The molecule has 0 aromatic rings. The van der Waals surface area contributed by atoms with Crippen LogP contribution in [-0.2, 0) is 4.79 Å². The molecular formula is C13H26N2O2. The number of carbonyl (C=O) groups is 1. The average Bonchev–Trinajstić information content (AvgIpc) is 2.35. The van der Waals surface area contributed by atoms with Crippen molar-refractivity contribution < 1.29 is 9.90 Å². The summed E-state index contributed by atoms with van der Waals surface area (Å²) >= 11 is 0. The van der Waals surface area contributed by atoms with Gasteiger partial charge in [0.05, 0.1) is 0 Å². The highest BCUT2D eigenvalue weighted by Crippen LogP contribution is 2.11. The van der Waals surface area contributed by atoms with E-state index in [1.54, 1.807) is 0 Å². The van der Waals surface area contributed by atoms with Gasteiger partial charge in [0.15, 0.2) is 0 Å². The molecule has 1 aliphatic rings. The molecule has 100 valence electrons. The van der Waals surface area contributed by atoms with E-state index in [-0.39, 0.29) is 18.6 Å². The second kappa shape index (κ2) is 8.48. The van der Waals surface area contributed by atoms with Crippen LogP contribution >= 0.6 is 0 Å². The number of hydrogen-bond donors (Lipinski definition) is 3. The van der Waals surface area contributed by atoms with Crippen molar-refractivity contribution in [3.8, 4) is 0 Å². The molecule has 0 radical (unpaired) electrons. The SMILES string of the molecule is CC(CCCO)NC(=O)CCC1CCCCN1. The predicted octanol–water partition coefficient (Wildman–Crippen LogP) is 1.19. The fourth-order valence-corrected chi connectivity index (χ4v) is 2.29. The summed E-state index contributed by atoms with van der Waals surface area (Å²) in [4.78, 5) is 11.7. The summed E-state index contributed by atoms with van der Waals surface area (Å²) in [5.41, 5.74) is 0. The van der Waals surface area contributed by atoms with E-state index < -0.39 is 0 Å². The van der Waals surface area contributed by atoms with Gasteiger partial charge in [-0.05, 0) is 45.6 Å². The topological polar surface area (TPSA) is 61.4 Å². The lowest BCUT2D eigenvalue weighted by Gasteiger charge is -2.23. The summed E-state index contributed by atoms with van der Waals surface area (Å²) in [7, 11) is 0. The van der Waals surface area contributed by atoms with Gasteiger partial charge in [0.2, 0.25) is 5.91 Å². The Morgan fingerprint density at radius 2 is 2.35 bits per heavy atom. The van der Waals surface area contributed by atoms with Crippen LogP contribution in [0.4, 0.5) is 0 Å². The molecule has 0 aliphatic carbocycles. The molecule has 0 aromatic carbocycles. The molecule has 1 fully saturated rings. The van der Waals surface area contributed by atoms with Crippen molar-refractivity contribution >= 4 is 5.91 Å². The number of amides is 1. The highest BCUT2D eigenvalue weighted by Gasteiger charge is 2.14. The molecular weight excluding hydrogens is 216 g/mol. The normalized spacial score (nSPS) is 22.1. The van der Waals surface area contributed by atoms with E-state index in [1.165, 1.54) is 19.3 Å². The van der Waals surface area contributed by atoms with Crippen molar-refractivity contribution in [2.75, 3.05) is 13.2 Å². The van der Waals surface area contributed by atoms with Crippen molar-refractivity contribution in [1.82, 2.24) is 10.6 Å². The fourth-order valence-electron chi connectivity index (χ4n) is 2.29. The van der Waals surface area contributed by atoms with Crippen LogP contribution in [0, 0.1) is 0 Å². The molecule has 0 aromatic heterocycles. The second-order valence-corrected chi connectivity index (χ2v) is 5.02. The quantitative estimate of drug-likeness (QED) is 0.628. The van der Waals surface area contributed by atoms with E-state index in [0.717, 1.165) is 25.8 Å². The number of hydrogen-bond acceptors (Lipinski definition) is 3. The first kappa shape index (κ1) is 14.5. The number of carbonyl (C=O) groups excluding carboxylic acids is 1. The first-order valence-electron chi connectivity index (χ1n) is 6.86. The smallest absolute Gasteiger partial charge is 0.220 e. The molecule has 0 bridgehead atoms. The molecule has 1 aliphatic heterocycles. The molecule has 1 heterocycles. The van der Waals surface area contributed by atoms with E-state index in [0.29, 0.717) is 12.5 Å². The van der Waals surface area contributed by atoms with Gasteiger partial charge < -0.3 is 15.7 Å². The molecule has 3 N–H and O–H groups in total. The first-order valence-corrected chi connectivity index (χ1v) is 6.86. The zero-order chi connectivity index (χ0) is 12.5. The van der Waals surface area contributed by atoms with Gasteiger partial charge in [-0.15, -0.1) is 0 Å². The van der Waals surface area contributed by atoms with Crippen LogP contribution in [0.1, 0.15) is 51.9 Å². The van der Waals surface area contributed by atoms with Crippen molar-refractivity contribution in [2.45, 2.75) is 64.0 Å². The Morgan fingerprint density at radius 1 is 1.53 bits per heavy atom. The van der Waals surface area contributed by atoms with Gasteiger partial charge in [0.1, 0.15) is 0 Å². The molecule has 4 heteroatoms. The largest absolute Gasteiger partial charge is 0.396 e. The lowest BCUT2D eigenvalue weighted by Crippen LogP contribution is -2.37. The van der Waals surface area contributed by atoms with Crippen LogP contribution < -0.4 is 10.6 Å². The predicted molar refractivity (Wildman–Crippen MR) is 68.8 cm³/mol. The van der Waals surface area contributed by atoms with Gasteiger partial charge in [-0.1, -0.05) is 6.42 Å². The Morgan fingerprint density at radius 3 is 3.00 bits per heavy atom. The summed E-state index contributed by atoms with van der Waals surface area (Å²) in [6, 6.07) is 0.705. The number of aliphatic hydroxyl groups excluding tert-OH is 1. The maximum absolute atomic E-state index is 11.7. The van der Waals surface area contributed by atoms with Crippen molar-refractivity contribution in [3.05, 3.63) is 0 Å². The van der Waals surface area contributed by atoms with Gasteiger partial charge >= 0.3 is 0 Å². The minimum Gasteiger partial charge on any atom is -0.396 e. The van der Waals surface area contributed by atoms with E-state index >= 15 is 0 Å². The molecule has 2 atom stereocenters. The third kappa shape index (κ3) is 6.64. The van der Waals surface area contributed by atoms with Crippen molar-refractivity contribution in [2.24, 2.45) is 0 Å². The Bertz CT molecular complexity index is 215. The molecule has 2 unspecified atom stereocenters. The fraction of sp³-hybridized carbons (Fsp3) is 0.923. The average molecular weight is 242 g/mol. The van der Waals surface area contributed by atoms with E-state index in [1.807, 2.05) is 6.92 Å². The zero-order valence-electron chi connectivity index (χ0n) is 10.9. The van der Waals surface area contributed by atoms with Gasteiger partial charge in [-0.3, -0.25) is 4.79 Å². The Balaban J connectivity index is 2.07. The molecule has 0 saturated carbocycles. The maximum atomic E-state index is 11.7. The third-order valence-electron chi connectivity index (χ3n) is 3.33. The maximum Gasteiger partial charge on any atom is 0.220 e. The third-order valence-corrected chi connectivity index (χ3v) is 3.33. The summed E-state index contributed by atoms with van der Waals surface area (Å²) < 4.78 is 0. The van der Waals surface area contributed by atoms with Crippen molar-refractivity contribution in [1.29, 1.82) is 0 Å². The molecule has 0 spiro atoms.